The lowest BCUT2D eigenvalue weighted by Crippen LogP contribution is -2.42. The average Bonchev–Trinajstić information content (AvgIpc) is 2.81. The molecule has 3 aromatic rings. The van der Waals surface area contributed by atoms with Crippen molar-refractivity contribution in [3.63, 3.8) is 0 Å². The van der Waals surface area contributed by atoms with Crippen molar-refractivity contribution in [2.45, 2.75) is 57.0 Å². The molecule has 5 heteroatoms. The quantitative estimate of drug-likeness (QED) is 0.532. The zero-order valence-electron chi connectivity index (χ0n) is 19.3. The predicted molar refractivity (Wildman–Crippen MR) is 133 cm³/mol. The molecule has 0 bridgehead atoms. The molecular weight excluding hydrogens is 396 g/mol. The standard InChI is InChI=1S/C27H34N4O/c1-4-22(19-10-6-5-7-11-19)27(32)29-21-16-14-20(15-17-21)28-26-18-25(31(2)3)23-12-8-9-13-24(23)30-26/h5-13,18,20-22H,4,14-17H2,1-3H3,(H,28,30)(H,29,32)/t20-,21+,22?. The molecule has 2 N–H and O–H groups in total. The number of para-hydroxylation sites is 1. The molecule has 0 spiro atoms. The summed E-state index contributed by atoms with van der Waals surface area (Å²) in [5.41, 5.74) is 3.28. The van der Waals surface area contributed by atoms with Crippen LogP contribution < -0.4 is 15.5 Å². The van der Waals surface area contributed by atoms with Gasteiger partial charge in [0.05, 0.1) is 11.4 Å². The molecule has 1 amide bonds. The summed E-state index contributed by atoms with van der Waals surface area (Å²) in [5, 5.41) is 8.13. The number of nitrogens with zero attached hydrogens (tertiary/aromatic N) is 2. The maximum Gasteiger partial charge on any atom is 0.227 e. The molecule has 168 valence electrons. The van der Waals surface area contributed by atoms with Crippen molar-refractivity contribution in [1.29, 1.82) is 0 Å². The zero-order valence-corrected chi connectivity index (χ0v) is 19.3. The van der Waals surface area contributed by atoms with E-state index in [1.54, 1.807) is 0 Å². The summed E-state index contributed by atoms with van der Waals surface area (Å²) in [6.45, 7) is 2.08. The molecule has 1 saturated carbocycles. The molecular formula is C27H34N4O. The molecule has 2 aromatic carbocycles. The Hall–Kier alpha value is -3.08. The molecule has 0 saturated heterocycles. The lowest BCUT2D eigenvalue weighted by Gasteiger charge is -2.31. The monoisotopic (exact) mass is 430 g/mol. The van der Waals surface area contributed by atoms with E-state index in [4.69, 9.17) is 4.98 Å². The van der Waals surface area contributed by atoms with E-state index >= 15 is 0 Å². The van der Waals surface area contributed by atoms with Crippen molar-refractivity contribution >= 4 is 28.3 Å². The van der Waals surface area contributed by atoms with E-state index in [9.17, 15) is 4.79 Å². The highest BCUT2D eigenvalue weighted by molar-refractivity contribution is 5.93. The smallest absolute Gasteiger partial charge is 0.227 e. The van der Waals surface area contributed by atoms with E-state index in [1.165, 1.54) is 11.1 Å². The average molecular weight is 431 g/mol. The number of nitrogens with one attached hydrogen (secondary N) is 2. The number of benzene rings is 2. The molecule has 1 aromatic heterocycles. The van der Waals surface area contributed by atoms with Crippen LogP contribution in [0.4, 0.5) is 11.5 Å². The molecule has 0 radical (unpaired) electrons. The summed E-state index contributed by atoms with van der Waals surface area (Å²) in [6, 6.07) is 21.1. The number of carbonyl (C=O) groups is 1. The highest BCUT2D eigenvalue weighted by atomic mass is 16.1. The van der Waals surface area contributed by atoms with Gasteiger partial charge in [0.25, 0.3) is 0 Å². The van der Waals surface area contributed by atoms with Crippen molar-refractivity contribution < 1.29 is 4.79 Å². The van der Waals surface area contributed by atoms with Gasteiger partial charge in [0.15, 0.2) is 0 Å². The Balaban J connectivity index is 1.36. The number of rotatable bonds is 7. The zero-order chi connectivity index (χ0) is 22.5. The number of amides is 1. The topological polar surface area (TPSA) is 57.3 Å². The Labute approximate surface area is 191 Å². The molecule has 4 rings (SSSR count). The fourth-order valence-corrected chi connectivity index (χ4v) is 4.75. The van der Waals surface area contributed by atoms with Crippen LogP contribution in [0.25, 0.3) is 10.9 Å². The third-order valence-corrected chi connectivity index (χ3v) is 6.53. The Bertz CT molecular complexity index is 1040. The second kappa shape index (κ2) is 10.0. The first-order valence-corrected chi connectivity index (χ1v) is 11.7. The van der Waals surface area contributed by atoms with Crippen LogP contribution in [-0.2, 0) is 4.79 Å². The van der Waals surface area contributed by atoms with Crippen molar-refractivity contribution in [1.82, 2.24) is 10.3 Å². The van der Waals surface area contributed by atoms with Crippen molar-refractivity contribution in [3.05, 3.63) is 66.2 Å². The number of aromatic nitrogens is 1. The highest BCUT2D eigenvalue weighted by Crippen LogP contribution is 2.29. The van der Waals surface area contributed by atoms with Gasteiger partial charge in [-0.3, -0.25) is 4.79 Å². The minimum absolute atomic E-state index is 0.0710. The Kier molecular flexibility index (Phi) is 6.93. The van der Waals surface area contributed by atoms with E-state index in [0.717, 1.165) is 49.0 Å². The van der Waals surface area contributed by atoms with Crippen LogP contribution in [0.3, 0.4) is 0 Å². The van der Waals surface area contributed by atoms with Gasteiger partial charge in [0, 0.05) is 43.3 Å². The number of fused-ring (bicyclic) bond motifs is 1. The number of carbonyl (C=O) groups excluding carboxylic acids is 1. The molecule has 1 unspecified atom stereocenters. The van der Waals surface area contributed by atoms with Gasteiger partial charge in [-0.15, -0.1) is 0 Å². The Morgan fingerprint density at radius 3 is 2.34 bits per heavy atom. The Morgan fingerprint density at radius 2 is 1.66 bits per heavy atom. The van der Waals surface area contributed by atoms with Gasteiger partial charge in [-0.25, -0.2) is 4.98 Å². The van der Waals surface area contributed by atoms with Crippen LogP contribution in [0.5, 0.6) is 0 Å². The summed E-state index contributed by atoms with van der Waals surface area (Å²) >= 11 is 0. The van der Waals surface area contributed by atoms with E-state index in [2.05, 4.69) is 60.8 Å². The van der Waals surface area contributed by atoms with Crippen LogP contribution in [0.1, 0.15) is 50.5 Å². The lowest BCUT2D eigenvalue weighted by molar-refractivity contribution is -0.123. The molecule has 1 fully saturated rings. The van der Waals surface area contributed by atoms with Gasteiger partial charge in [-0.05, 0) is 43.7 Å². The molecule has 1 aliphatic rings. The van der Waals surface area contributed by atoms with Crippen molar-refractivity contribution in [2.24, 2.45) is 0 Å². The van der Waals surface area contributed by atoms with Gasteiger partial charge >= 0.3 is 0 Å². The second-order valence-electron chi connectivity index (χ2n) is 9.01. The SMILES string of the molecule is CCC(C(=O)N[C@H]1CC[C@@H](Nc2cc(N(C)C)c3ccccc3n2)CC1)c1ccccc1. The summed E-state index contributed by atoms with van der Waals surface area (Å²) in [4.78, 5) is 19.9. The van der Waals surface area contributed by atoms with E-state index < -0.39 is 0 Å². The maximum absolute atomic E-state index is 12.9. The van der Waals surface area contributed by atoms with E-state index in [0.29, 0.717) is 6.04 Å². The van der Waals surface area contributed by atoms with Gasteiger partial charge < -0.3 is 15.5 Å². The Morgan fingerprint density at radius 1 is 1.00 bits per heavy atom. The fraction of sp³-hybridized carbons (Fsp3) is 0.407. The first kappa shape index (κ1) is 22.1. The summed E-state index contributed by atoms with van der Waals surface area (Å²) in [6.07, 6.45) is 4.85. The highest BCUT2D eigenvalue weighted by Gasteiger charge is 2.26. The second-order valence-corrected chi connectivity index (χ2v) is 9.01. The van der Waals surface area contributed by atoms with Gasteiger partial charge in [0.1, 0.15) is 5.82 Å². The van der Waals surface area contributed by atoms with E-state index in [1.807, 2.05) is 36.4 Å². The normalized spacial score (nSPS) is 19.3. The minimum Gasteiger partial charge on any atom is -0.377 e. The van der Waals surface area contributed by atoms with Gasteiger partial charge in [-0.2, -0.15) is 0 Å². The van der Waals surface area contributed by atoms with E-state index in [-0.39, 0.29) is 17.9 Å². The van der Waals surface area contributed by atoms with Crippen LogP contribution in [0.15, 0.2) is 60.7 Å². The summed E-state index contributed by atoms with van der Waals surface area (Å²) < 4.78 is 0. The first-order chi connectivity index (χ1) is 15.5. The molecule has 1 heterocycles. The molecule has 32 heavy (non-hydrogen) atoms. The minimum atomic E-state index is -0.0710. The maximum atomic E-state index is 12.9. The number of pyridine rings is 1. The van der Waals surface area contributed by atoms with Crippen LogP contribution >= 0.6 is 0 Å². The van der Waals surface area contributed by atoms with Crippen molar-refractivity contribution in [3.8, 4) is 0 Å². The summed E-state index contributed by atoms with van der Waals surface area (Å²) in [7, 11) is 4.14. The predicted octanol–water partition coefficient (Wildman–Crippen LogP) is 5.33. The van der Waals surface area contributed by atoms with Crippen LogP contribution in [-0.4, -0.2) is 37.1 Å². The summed E-state index contributed by atoms with van der Waals surface area (Å²) in [5.74, 6) is 1.01. The fourth-order valence-electron chi connectivity index (χ4n) is 4.75. The first-order valence-electron chi connectivity index (χ1n) is 11.7. The third-order valence-electron chi connectivity index (χ3n) is 6.53. The number of anilines is 2. The molecule has 1 atom stereocenters. The number of hydrogen-bond donors (Lipinski definition) is 2. The largest absolute Gasteiger partial charge is 0.377 e. The molecule has 5 nitrogen and oxygen atoms in total. The van der Waals surface area contributed by atoms with Crippen molar-refractivity contribution in [2.75, 3.05) is 24.3 Å². The number of hydrogen-bond acceptors (Lipinski definition) is 4. The molecule has 1 aliphatic carbocycles. The third kappa shape index (κ3) is 5.04. The van der Waals surface area contributed by atoms with Crippen LogP contribution in [0, 0.1) is 0 Å². The van der Waals surface area contributed by atoms with Gasteiger partial charge in [0.2, 0.25) is 5.91 Å². The van der Waals surface area contributed by atoms with Crippen LogP contribution in [0.2, 0.25) is 0 Å². The lowest BCUT2D eigenvalue weighted by atomic mass is 9.89. The molecule has 0 aliphatic heterocycles. The van der Waals surface area contributed by atoms with Gasteiger partial charge in [-0.1, -0.05) is 55.5 Å².